The van der Waals surface area contributed by atoms with Crippen LogP contribution in [0.15, 0.2) is 41.7 Å². The highest BCUT2D eigenvalue weighted by atomic mass is 16.5. The molecular weight excluding hydrogens is 328 g/mol. The minimum atomic E-state index is -0.0109. The zero-order valence-electron chi connectivity index (χ0n) is 15.2. The molecule has 0 amide bonds. The number of ether oxygens (including phenoxy) is 1. The van der Waals surface area contributed by atoms with Gasteiger partial charge in [-0.1, -0.05) is 12.1 Å². The van der Waals surface area contributed by atoms with Crippen molar-refractivity contribution in [2.75, 3.05) is 26.2 Å². The number of guanidine groups is 1. The van der Waals surface area contributed by atoms with E-state index in [1.54, 1.807) is 10.7 Å². The molecule has 136 valence electrons. The summed E-state index contributed by atoms with van der Waals surface area (Å²) in [5.74, 6) is 0.868. The number of nitrogens with zero attached hydrogens (tertiary/aromatic N) is 5. The summed E-state index contributed by atoms with van der Waals surface area (Å²) < 4.78 is 7.71. The lowest BCUT2D eigenvalue weighted by atomic mass is 10.1. The highest BCUT2D eigenvalue weighted by molar-refractivity contribution is 5.80. The number of nitriles is 1. The summed E-state index contributed by atoms with van der Waals surface area (Å²) >= 11 is 0. The van der Waals surface area contributed by atoms with Crippen LogP contribution in [0.5, 0.6) is 0 Å². The third kappa shape index (κ3) is 4.41. The molecule has 1 unspecified atom stereocenters. The smallest absolute Gasteiger partial charge is 0.194 e. The largest absolute Gasteiger partial charge is 0.370 e. The minimum Gasteiger partial charge on any atom is -0.370 e. The van der Waals surface area contributed by atoms with Crippen molar-refractivity contribution >= 4 is 5.96 Å². The maximum Gasteiger partial charge on any atom is 0.194 e. The van der Waals surface area contributed by atoms with Crippen molar-refractivity contribution in [1.29, 1.82) is 5.26 Å². The number of benzene rings is 1. The maximum atomic E-state index is 9.04. The molecule has 1 fully saturated rings. The maximum absolute atomic E-state index is 9.04. The van der Waals surface area contributed by atoms with E-state index in [1.807, 2.05) is 37.6 Å². The van der Waals surface area contributed by atoms with Gasteiger partial charge >= 0.3 is 0 Å². The third-order valence-electron chi connectivity index (χ3n) is 4.26. The van der Waals surface area contributed by atoms with E-state index in [-0.39, 0.29) is 6.10 Å². The lowest BCUT2D eigenvalue weighted by Crippen LogP contribution is -2.48. The van der Waals surface area contributed by atoms with Crippen LogP contribution in [0.3, 0.4) is 0 Å². The molecule has 1 N–H and O–H groups in total. The Hall–Kier alpha value is -2.85. The molecule has 7 heteroatoms. The average Bonchev–Trinajstić information content (AvgIpc) is 3.12. The summed E-state index contributed by atoms with van der Waals surface area (Å²) in [5, 5.41) is 16.6. The third-order valence-corrected chi connectivity index (χ3v) is 4.26. The number of aryl methyl sites for hydroxylation is 1. The number of morpholine rings is 1. The van der Waals surface area contributed by atoms with Crippen molar-refractivity contribution in [3.05, 3.63) is 53.3 Å². The van der Waals surface area contributed by atoms with Gasteiger partial charge in [-0.25, -0.2) is 4.99 Å². The molecule has 26 heavy (non-hydrogen) atoms. The van der Waals surface area contributed by atoms with Gasteiger partial charge in [-0.2, -0.15) is 10.4 Å². The van der Waals surface area contributed by atoms with E-state index in [0.717, 1.165) is 36.7 Å². The second-order valence-electron chi connectivity index (χ2n) is 6.24. The molecule has 0 aliphatic carbocycles. The van der Waals surface area contributed by atoms with Crippen molar-refractivity contribution in [3.8, 4) is 6.07 Å². The Morgan fingerprint density at radius 2 is 2.38 bits per heavy atom. The van der Waals surface area contributed by atoms with E-state index in [9.17, 15) is 0 Å². The van der Waals surface area contributed by atoms with Crippen molar-refractivity contribution in [2.24, 2.45) is 12.0 Å². The van der Waals surface area contributed by atoms with E-state index >= 15 is 0 Å². The molecule has 0 saturated carbocycles. The van der Waals surface area contributed by atoms with Crippen LogP contribution in [0.4, 0.5) is 0 Å². The second kappa shape index (κ2) is 8.50. The number of aromatic nitrogens is 2. The normalized spacial score (nSPS) is 17.8. The van der Waals surface area contributed by atoms with E-state index in [4.69, 9.17) is 15.0 Å². The molecule has 2 heterocycles. The molecule has 1 atom stereocenters. The van der Waals surface area contributed by atoms with Gasteiger partial charge in [0.15, 0.2) is 5.96 Å². The Bertz CT molecular complexity index is 806. The van der Waals surface area contributed by atoms with Gasteiger partial charge in [0.25, 0.3) is 0 Å². The topological polar surface area (TPSA) is 78.5 Å². The molecule has 2 aromatic rings. The quantitative estimate of drug-likeness (QED) is 0.671. The van der Waals surface area contributed by atoms with Crippen molar-refractivity contribution in [1.82, 2.24) is 20.0 Å². The van der Waals surface area contributed by atoms with Crippen LogP contribution >= 0.6 is 0 Å². The standard InChI is InChI=1S/C19H24N6O/c1-3-21-19(22-11-16-6-4-5-15(9-16)10-20)25-7-8-26-18(14-25)17-12-23-24(2)13-17/h4-6,9,12-13,18H,3,7-8,11,14H2,1-2H3,(H,21,22). The molecule has 1 aliphatic heterocycles. The van der Waals surface area contributed by atoms with E-state index in [0.29, 0.717) is 18.7 Å². The number of rotatable bonds is 4. The van der Waals surface area contributed by atoms with E-state index in [2.05, 4.69) is 28.3 Å². The van der Waals surface area contributed by atoms with Crippen LogP contribution in [-0.2, 0) is 18.3 Å². The van der Waals surface area contributed by atoms with Crippen molar-refractivity contribution < 1.29 is 4.74 Å². The Kier molecular flexibility index (Phi) is 5.87. The number of hydrogen-bond acceptors (Lipinski definition) is 4. The van der Waals surface area contributed by atoms with Gasteiger partial charge in [-0.3, -0.25) is 4.68 Å². The molecule has 7 nitrogen and oxygen atoms in total. The first-order chi connectivity index (χ1) is 12.7. The van der Waals surface area contributed by atoms with Gasteiger partial charge in [-0.05, 0) is 24.6 Å². The predicted octanol–water partition coefficient (Wildman–Crippen LogP) is 1.83. The van der Waals surface area contributed by atoms with E-state index < -0.39 is 0 Å². The van der Waals surface area contributed by atoms with E-state index in [1.165, 1.54) is 0 Å². The van der Waals surface area contributed by atoms with Gasteiger partial charge in [0.2, 0.25) is 0 Å². The Balaban J connectivity index is 1.72. The van der Waals surface area contributed by atoms with Crippen LogP contribution in [0.1, 0.15) is 29.7 Å². The molecular formula is C19H24N6O. The Labute approximate surface area is 153 Å². The molecule has 1 aromatic heterocycles. The van der Waals surface area contributed by atoms with Crippen molar-refractivity contribution in [2.45, 2.75) is 19.6 Å². The van der Waals surface area contributed by atoms with Crippen LogP contribution in [0, 0.1) is 11.3 Å². The Morgan fingerprint density at radius 3 is 3.12 bits per heavy atom. The molecule has 1 saturated heterocycles. The molecule has 0 bridgehead atoms. The van der Waals surface area contributed by atoms with Gasteiger partial charge in [0.05, 0.1) is 37.5 Å². The first kappa shape index (κ1) is 18.0. The summed E-state index contributed by atoms with van der Waals surface area (Å²) in [5.41, 5.74) is 2.76. The highest BCUT2D eigenvalue weighted by Gasteiger charge is 2.25. The Morgan fingerprint density at radius 1 is 1.50 bits per heavy atom. The number of nitrogens with one attached hydrogen (secondary N) is 1. The zero-order chi connectivity index (χ0) is 18.4. The lowest BCUT2D eigenvalue weighted by Gasteiger charge is -2.34. The first-order valence-corrected chi connectivity index (χ1v) is 8.82. The molecule has 3 rings (SSSR count). The molecule has 1 aromatic carbocycles. The zero-order valence-corrected chi connectivity index (χ0v) is 15.2. The van der Waals surface area contributed by atoms with Crippen LogP contribution in [0.25, 0.3) is 0 Å². The van der Waals surface area contributed by atoms with Crippen LogP contribution in [-0.4, -0.2) is 46.9 Å². The number of hydrogen-bond donors (Lipinski definition) is 1. The fourth-order valence-electron chi connectivity index (χ4n) is 2.98. The van der Waals surface area contributed by atoms with Gasteiger partial charge in [-0.15, -0.1) is 0 Å². The SMILES string of the molecule is CCNC(=NCc1cccc(C#N)c1)N1CCOC(c2cnn(C)c2)C1. The minimum absolute atomic E-state index is 0.0109. The molecule has 1 aliphatic rings. The second-order valence-corrected chi connectivity index (χ2v) is 6.24. The molecule has 0 radical (unpaired) electrons. The summed E-state index contributed by atoms with van der Waals surface area (Å²) in [7, 11) is 1.91. The monoisotopic (exact) mass is 352 g/mol. The summed E-state index contributed by atoms with van der Waals surface area (Å²) in [6.07, 6.45) is 3.83. The first-order valence-electron chi connectivity index (χ1n) is 8.82. The van der Waals surface area contributed by atoms with Gasteiger partial charge < -0.3 is 15.0 Å². The fourth-order valence-corrected chi connectivity index (χ4v) is 2.98. The average molecular weight is 352 g/mol. The van der Waals surface area contributed by atoms with Crippen LogP contribution in [0.2, 0.25) is 0 Å². The predicted molar refractivity (Wildman–Crippen MR) is 99.4 cm³/mol. The summed E-state index contributed by atoms with van der Waals surface area (Å²) in [6, 6.07) is 9.74. The lowest BCUT2D eigenvalue weighted by molar-refractivity contribution is -0.00805. The van der Waals surface area contributed by atoms with Gasteiger partial charge in [0, 0.05) is 31.9 Å². The molecule has 0 spiro atoms. The number of aliphatic imine (C=N–C) groups is 1. The fraction of sp³-hybridized carbons (Fsp3) is 0.421. The summed E-state index contributed by atoms with van der Waals surface area (Å²) in [4.78, 5) is 6.98. The highest BCUT2D eigenvalue weighted by Crippen LogP contribution is 2.21. The van der Waals surface area contributed by atoms with Gasteiger partial charge in [0.1, 0.15) is 6.10 Å². The van der Waals surface area contributed by atoms with Crippen LogP contribution < -0.4 is 5.32 Å². The van der Waals surface area contributed by atoms with Crippen molar-refractivity contribution in [3.63, 3.8) is 0 Å². The summed E-state index contributed by atoms with van der Waals surface area (Å²) in [6.45, 7) is 5.56.